The van der Waals surface area contributed by atoms with E-state index >= 15 is 0 Å². The Labute approximate surface area is 301 Å². The van der Waals surface area contributed by atoms with Gasteiger partial charge in [-0.15, -0.1) is 11.3 Å². The number of fused-ring (bicyclic) bond motifs is 6. The molecule has 1 aliphatic rings. The summed E-state index contributed by atoms with van der Waals surface area (Å²) in [6.07, 6.45) is 0. The maximum absolute atomic E-state index is 5.17. The van der Waals surface area contributed by atoms with Gasteiger partial charge in [0.15, 0.2) is 5.82 Å². The molecule has 2 nitrogen and oxygen atoms in total. The molecule has 0 atom stereocenters. The van der Waals surface area contributed by atoms with Crippen molar-refractivity contribution in [3.8, 4) is 56.2 Å². The second-order valence-electron chi connectivity index (χ2n) is 13.5. The second-order valence-corrected chi connectivity index (χ2v) is 14.6. The molecule has 7 aromatic carbocycles. The zero-order valence-corrected chi connectivity index (χ0v) is 28.9. The zero-order valence-electron chi connectivity index (χ0n) is 28.0. The lowest BCUT2D eigenvalue weighted by Gasteiger charge is -2.28. The average molecular weight is 669 g/mol. The summed E-state index contributed by atoms with van der Waals surface area (Å²) in [6, 6.07) is 63.2. The molecule has 2 aromatic heterocycles. The van der Waals surface area contributed by atoms with Gasteiger partial charge in [-0.05, 0) is 70.1 Å². The van der Waals surface area contributed by atoms with E-state index in [1.54, 1.807) is 0 Å². The van der Waals surface area contributed by atoms with Crippen molar-refractivity contribution in [1.29, 1.82) is 0 Å². The summed E-state index contributed by atoms with van der Waals surface area (Å²) >= 11 is 1.85. The molecule has 0 bridgehead atoms. The van der Waals surface area contributed by atoms with E-state index in [0.29, 0.717) is 5.82 Å². The first-order valence-corrected chi connectivity index (χ1v) is 18.2. The van der Waals surface area contributed by atoms with Crippen molar-refractivity contribution >= 4 is 31.5 Å². The van der Waals surface area contributed by atoms with E-state index in [0.717, 1.165) is 28.1 Å². The van der Waals surface area contributed by atoms with Crippen molar-refractivity contribution in [3.05, 3.63) is 193 Å². The summed E-state index contributed by atoms with van der Waals surface area (Å²) in [4.78, 5) is 10.3. The monoisotopic (exact) mass is 668 g/mol. The molecular formula is C48H32N2S. The standard InChI is InChI=1S/C48H32N2S/c1-48(40-21-8-5-17-37(40)38-18-6-9-22-41(38)48)35-27-25-31(26-28-35)42-30-43(50-47(49-42)32-13-3-2-4-14-32)34-16-11-15-33(29-34)36-20-12-24-45-46(36)39-19-7-10-23-44(39)51-45/h2-30H,1H3. The van der Waals surface area contributed by atoms with Gasteiger partial charge in [0.05, 0.1) is 11.4 Å². The van der Waals surface area contributed by atoms with Gasteiger partial charge >= 0.3 is 0 Å². The van der Waals surface area contributed by atoms with Crippen molar-refractivity contribution in [2.45, 2.75) is 12.3 Å². The van der Waals surface area contributed by atoms with E-state index in [-0.39, 0.29) is 5.41 Å². The minimum Gasteiger partial charge on any atom is -0.228 e. The molecule has 3 heteroatoms. The van der Waals surface area contributed by atoms with Gasteiger partial charge in [-0.3, -0.25) is 0 Å². The highest BCUT2D eigenvalue weighted by molar-refractivity contribution is 7.25. The van der Waals surface area contributed by atoms with Crippen LogP contribution in [-0.2, 0) is 5.41 Å². The van der Waals surface area contributed by atoms with Gasteiger partial charge in [-0.2, -0.15) is 0 Å². The van der Waals surface area contributed by atoms with Gasteiger partial charge in [0, 0.05) is 42.3 Å². The fraction of sp³-hybridized carbons (Fsp3) is 0.0417. The number of aromatic nitrogens is 2. The molecule has 10 rings (SSSR count). The van der Waals surface area contributed by atoms with Crippen molar-refractivity contribution in [1.82, 2.24) is 9.97 Å². The van der Waals surface area contributed by atoms with Crippen LogP contribution in [0.3, 0.4) is 0 Å². The Hall–Kier alpha value is -6.16. The normalized spacial score (nSPS) is 13.0. The SMILES string of the molecule is CC1(c2ccc(-c3cc(-c4cccc(-c5cccc6sc7ccccc7c56)c4)nc(-c4ccccc4)n3)cc2)c2ccccc2-c2ccccc21. The van der Waals surface area contributed by atoms with Crippen LogP contribution in [0.2, 0.25) is 0 Å². The molecule has 51 heavy (non-hydrogen) atoms. The van der Waals surface area contributed by atoms with Crippen molar-refractivity contribution < 1.29 is 0 Å². The van der Waals surface area contributed by atoms with Crippen LogP contribution in [0.5, 0.6) is 0 Å². The van der Waals surface area contributed by atoms with E-state index in [9.17, 15) is 0 Å². The minimum atomic E-state index is -0.241. The third-order valence-corrected chi connectivity index (χ3v) is 11.7. The Bertz CT molecular complexity index is 2710. The van der Waals surface area contributed by atoms with Crippen LogP contribution in [0, 0.1) is 0 Å². The lowest BCUT2D eigenvalue weighted by molar-refractivity contribution is 0.714. The predicted molar refractivity (Wildman–Crippen MR) is 214 cm³/mol. The molecule has 0 amide bonds. The first kappa shape index (κ1) is 29.7. The number of hydrogen-bond donors (Lipinski definition) is 0. The summed E-state index contributed by atoms with van der Waals surface area (Å²) < 4.78 is 2.61. The maximum Gasteiger partial charge on any atom is 0.160 e. The Kier molecular flexibility index (Phi) is 6.83. The molecule has 1 aliphatic carbocycles. The number of nitrogens with zero attached hydrogens (tertiary/aromatic N) is 2. The lowest BCUT2D eigenvalue weighted by atomic mass is 9.74. The second kappa shape index (κ2) is 11.7. The van der Waals surface area contributed by atoms with Crippen LogP contribution in [0.25, 0.3) is 76.3 Å². The first-order valence-electron chi connectivity index (χ1n) is 17.4. The van der Waals surface area contributed by atoms with Gasteiger partial charge < -0.3 is 0 Å². The molecule has 0 fully saturated rings. The highest BCUT2D eigenvalue weighted by atomic mass is 32.1. The predicted octanol–water partition coefficient (Wildman–Crippen LogP) is 12.8. The quantitative estimate of drug-likeness (QED) is 0.182. The zero-order chi connectivity index (χ0) is 33.9. The molecule has 0 aliphatic heterocycles. The van der Waals surface area contributed by atoms with Crippen LogP contribution >= 0.6 is 11.3 Å². The van der Waals surface area contributed by atoms with E-state index < -0.39 is 0 Å². The van der Waals surface area contributed by atoms with Gasteiger partial charge in [0.2, 0.25) is 0 Å². The summed E-state index contributed by atoms with van der Waals surface area (Å²) in [7, 11) is 0. The molecule has 240 valence electrons. The highest BCUT2D eigenvalue weighted by Crippen LogP contribution is 2.52. The van der Waals surface area contributed by atoms with Gasteiger partial charge in [0.1, 0.15) is 0 Å². The maximum atomic E-state index is 5.17. The molecule has 0 spiro atoms. The fourth-order valence-electron chi connectivity index (χ4n) is 8.06. The van der Waals surface area contributed by atoms with E-state index in [2.05, 4.69) is 165 Å². The molecular weight excluding hydrogens is 637 g/mol. The molecule has 0 radical (unpaired) electrons. The van der Waals surface area contributed by atoms with Crippen LogP contribution in [-0.4, -0.2) is 9.97 Å². The van der Waals surface area contributed by atoms with Crippen LogP contribution in [0.1, 0.15) is 23.6 Å². The Balaban J connectivity index is 1.09. The lowest BCUT2D eigenvalue weighted by Crippen LogP contribution is -2.22. The van der Waals surface area contributed by atoms with Gasteiger partial charge in [-0.25, -0.2) is 9.97 Å². The van der Waals surface area contributed by atoms with E-state index in [4.69, 9.17) is 9.97 Å². The summed E-state index contributed by atoms with van der Waals surface area (Å²) in [5.41, 5.74) is 13.7. The van der Waals surface area contributed by atoms with E-state index in [1.807, 2.05) is 29.5 Å². The number of benzene rings is 7. The smallest absolute Gasteiger partial charge is 0.160 e. The number of rotatable bonds is 5. The third-order valence-electron chi connectivity index (χ3n) is 10.6. The van der Waals surface area contributed by atoms with Crippen LogP contribution in [0.4, 0.5) is 0 Å². The molecule has 0 unspecified atom stereocenters. The van der Waals surface area contributed by atoms with Crippen molar-refractivity contribution in [3.63, 3.8) is 0 Å². The Morgan fingerprint density at radius 2 is 1.00 bits per heavy atom. The fourth-order valence-corrected chi connectivity index (χ4v) is 9.19. The van der Waals surface area contributed by atoms with Gasteiger partial charge in [0.25, 0.3) is 0 Å². The first-order chi connectivity index (χ1) is 25.1. The summed E-state index contributed by atoms with van der Waals surface area (Å²) in [6.45, 7) is 2.36. The van der Waals surface area contributed by atoms with Gasteiger partial charge in [-0.1, -0.05) is 152 Å². The Morgan fingerprint density at radius 1 is 0.431 bits per heavy atom. The highest BCUT2D eigenvalue weighted by Gasteiger charge is 2.40. The third kappa shape index (κ3) is 4.77. The number of hydrogen-bond acceptors (Lipinski definition) is 3. The minimum absolute atomic E-state index is 0.241. The van der Waals surface area contributed by atoms with E-state index in [1.165, 1.54) is 59.1 Å². The molecule has 2 heterocycles. The summed E-state index contributed by atoms with van der Waals surface area (Å²) in [5, 5.41) is 2.61. The molecule has 9 aromatic rings. The van der Waals surface area contributed by atoms with Crippen molar-refractivity contribution in [2.24, 2.45) is 0 Å². The van der Waals surface area contributed by atoms with Crippen molar-refractivity contribution in [2.75, 3.05) is 0 Å². The molecule has 0 N–H and O–H groups in total. The topological polar surface area (TPSA) is 25.8 Å². The molecule has 0 saturated heterocycles. The largest absolute Gasteiger partial charge is 0.228 e. The van der Waals surface area contributed by atoms with Crippen LogP contribution < -0.4 is 0 Å². The summed E-state index contributed by atoms with van der Waals surface area (Å²) in [5.74, 6) is 0.717. The molecule has 0 saturated carbocycles. The van der Waals surface area contributed by atoms with Crippen LogP contribution in [0.15, 0.2) is 176 Å². The average Bonchev–Trinajstić information content (AvgIpc) is 3.72. The Morgan fingerprint density at radius 3 is 1.76 bits per heavy atom. The number of thiophene rings is 1.